The summed E-state index contributed by atoms with van der Waals surface area (Å²) in [5.74, 6) is -0.658. The van der Waals surface area contributed by atoms with Crippen LogP contribution in [-0.2, 0) is 9.59 Å². The summed E-state index contributed by atoms with van der Waals surface area (Å²) in [6.45, 7) is 6.79. The molecule has 0 bridgehead atoms. The number of rotatable bonds is 7. The minimum Gasteiger partial charge on any atom is -0.370 e. The van der Waals surface area contributed by atoms with Gasteiger partial charge in [0.05, 0.1) is 19.6 Å². The SMILES string of the molecule is NC(=O)CCCCC(N)=O.NCC[NH+]1CCNCC1. The second kappa shape index (κ2) is 11.9. The van der Waals surface area contributed by atoms with Gasteiger partial charge in [-0.1, -0.05) is 0 Å². The number of quaternary nitrogens is 1. The lowest BCUT2D eigenvalue weighted by Crippen LogP contribution is -3.15. The Balaban J connectivity index is 0.000000342. The highest BCUT2D eigenvalue weighted by atomic mass is 16.1. The maximum Gasteiger partial charge on any atom is 0.217 e. The van der Waals surface area contributed by atoms with Crippen molar-refractivity contribution in [2.24, 2.45) is 17.2 Å². The van der Waals surface area contributed by atoms with Crippen molar-refractivity contribution in [3.63, 3.8) is 0 Å². The summed E-state index contributed by atoms with van der Waals surface area (Å²) >= 11 is 0. The van der Waals surface area contributed by atoms with E-state index in [1.165, 1.54) is 13.1 Å². The molecule has 0 aromatic carbocycles. The van der Waals surface area contributed by atoms with Crippen LogP contribution in [0.4, 0.5) is 0 Å². The van der Waals surface area contributed by atoms with Gasteiger partial charge in [-0.3, -0.25) is 9.59 Å². The van der Waals surface area contributed by atoms with Crippen molar-refractivity contribution in [3.05, 3.63) is 0 Å². The second-order valence-corrected chi connectivity index (χ2v) is 4.68. The third kappa shape index (κ3) is 13.1. The standard InChI is InChI=1S/C6H15N3.C6H12N2O2/c7-1-4-9-5-2-8-3-6-9;7-5(9)3-1-2-4-6(8)10/h8H,1-7H2;1-4H2,(H2,7,9)(H2,8,10)/p+1. The monoisotopic (exact) mass is 274 g/mol. The maximum atomic E-state index is 10.2. The number of nitrogens with two attached hydrogens (primary N) is 3. The van der Waals surface area contributed by atoms with Crippen LogP contribution < -0.4 is 27.4 Å². The van der Waals surface area contributed by atoms with Crippen molar-refractivity contribution in [3.8, 4) is 0 Å². The smallest absolute Gasteiger partial charge is 0.217 e. The van der Waals surface area contributed by atoms with Crippen molar-refractivity contribution in [2.45, 2.75) is 25.7 Å². The molecule has 1 heterocycles. The molecule has 1 rings (SSSR count). The zero-order valence-electron chi connectivity index (χ0n) is 11.6. The van der Waals surface area contributed by atoms with Crippen molar-refractivity contribution < 1.29 is 14.5 Å². The number of carbonyl (C=O) groups excluding carboxylic acids is 2. The van der Waals surface area contributed by atoms with Crippen LogP contribution in [0.25, 0.3) is 0 Å². The fraction of sp³-hybridized carbons (Fsp3) is 0.833. The molecule has 19 heavy (non-hydrogen) atoms. The van der Waals surface area contributed by atoms with E-state index in [-0.39, 0.29) is 11.8 Å². The van der Waals surface area contributed by atoms with Gasteiger partial charge in [0.1, 0.15) is 0 Å². The average Bonchev–Trinajstić information content (AvgIpc) is 2.37. The van der Waals surface area contributed by atoms with Crippen molar-refractivity contribution in [1.29, 1.82) is 0 Å². The van der Waals surface area contributed by atoms with Gasteiger partial charge in [0.15, 0.2) is 0 Å². The van der Waals surface area contributed by atoms with Crippen molar-refractivity contribution >= 4 is 11.8 Å². The summed E-state index contributed by atoms with van der Waals surface area (Å²) in [5, 5.41) is 3.31. The lowest BCUT2D eigenvalue weighted by Gasteiger charge is -2.23. The first-order chi connectivity index (χ1) is 9.06. The quantitative estimate of drug-likeness (QED) is 0.316. The summed E-state index contributed by atoms with van der Waals surface area (Å²) in [6, 6.07) is 0. The molecule has 7 heteroatoms. The van der Waals surface area contributed by atoms with Crippen LogP contribution in [0.1, 0.15) is 25.7 Å². The first-order valence-corrected chi connectivity index (χ1v) is 6.87. The molecule has 112 valence electrons. The molecule has 8 N–H and O–H groups in total. The number of unbranched alkanes of at least 4 members (excludes halogenated alkanes) is 1. The van der Waals surface area contributed by atoms with Crippen LogP contribution in [0.15, 0.2) is 0 Å². The van der Waals surface area contributed by atoms with Crippen LogP contribution in [0.2, 0.25) is 0 Å². The largest absolute Gasteiger partial charge is 0.370 e. The number of carbonyl (C=O) groups is 2. The van der Waals surface area contributed by atoms with E-state index in [1.807, 2.05) is 0 Å². The Morgan fingerprint density at radius 2 is 1.47 bits per heavy atom. The Labute approximate surface area is 114 Å². The lowest BCUT2D eigenvalue weighted by atomic mass is 10.2. The summed E-state index contributed by atoms with van der Waals surface area (Å²) in [4.78, 5) is 21.9. The van der Waals surface area contributed by atoms with Gasteiger partial charge in [0.2, 0.25) is 11.8 Å². The number of hydrogen-bond acceptors (Lipinski definition) is 4. The van der Waals surface area contributed by atoms with E-state index in [2.05, 4.69) is 5.32 Å². The van der Waals surface area contributed by atoms with Crippen molar-refractivity contribution in [2.75, 3.05) is 39.3 Å². The molecule has 0 aromatic heterocycles. The molecule has 7 nitrogen and oxygen atoms in total. The molecule has 0 radical (unpaired) electrons. The average molecular weight is 274 g/mol. The van der Waals surface area contributed by atoms with Crippen LogP contribution in [0.5, 0.6) is 0 Å². The van der Waals surface area contributed by atoms with E-state index >= 15 is 0 Å². The minimum absolute atomic E-state index is 0.329. The Bertz CT molecular complexity index is 236. The lowest BCUT2D eigenvalue weighted by molar-refractivity contribution is -0.900. The minimum atomic E-state index is -0.329. The Morgan fingerprint density at radius 3 is 1.84 bits per heavy atom. The molecular weight excluding hydrogens is 246 g/mol. The first-order valence-electron chi connectivity index (χ1n) is 6.87. The Morgan fingerprint density at radius 1 is 1.00 bits per heavy atom. The van der Waals surface area contributed by atoms with Crippen molar-refractivity contribution in [1.82, 2.24) is 5.32 Å². The van der Waals surface area contributed by atoms with Gasteiger partial charge < -0.3 is 27.4 Å². The molecule has 0 spiro atoms. The molecule has 1 aliphatic heterocycles. The Kier molecular flexibility index (Phi) is 11.1. The molecule has 1 saturated heterocycles. The molecule has 0 atom stereocenters. The summed E-state index contributed by atoms with van der Waals surface area (Å²) in [6.07, 6.45) is 1.98. The number of nitrogens with one attached hydrogen (secondary N) is 2. The summed E-state index contributed by atoms with van der Waals surface area (Å²) in [7, 11) is 0. The van der Waals surface area contributed by atoms with Crippen LogP contribution >= 0.6 is 0 Å². The second-order valence-electron chi connectivity index (χ2n) is 4.68. The third-order valence-corrected chi connectivity index (χ3v) is 2.90. The van der Waals surface area contributed by atoms with E-state index in [1.54, 1.807) is 4.90 Å². The summed E-state index contributed by atoms with van der Waals surface area (Å²) < 4.78 is 0. The number of piperazine rings is 1. The molecule has 1 fully saturated rings. The maximum absolute atomic E-state index is 10.2. The van der Waals surface area contributed by atoms with Gasteiger partial charge in [0.25, 0.3) is 0 Å². The van der Waals surface area contributed by atoms with Gasteiger partial charge in [0, 0.05) is 32.5 Å². The summed E-state index contributed by atoms with van der Waals surface area (Å²) in [5.41, 5.74) is 15.1. The molecule has 0 unspecified atom stereocenters. The van der Waals surface area contributed by atoms with Crippen LogP contribution in [0.3, 0.4) is 0 Å². The highest BCUT2D eigenvalue weighted by molar-refractivity contribution is 5.74. The fourth-order valence-corrected chi connectivity index (χ4v) is 1.83. The first kappa shape index (κ1) is 17.8. The van der Waals surface area contributed by atoms with E-state index < -0.39 is 0 Å². The Hall–Kier alpha value is -1.18. The molecule has 0 aliphatic carbocycles. The number of primary amides is 2. The highest BCUT2D eigenvalue weighted by Crippen LogP contribution is 1.97. The van der Waals surface area contributed by atoms with Gasteiger partial charge in [-0.25, -0.2) is 0 Å². The third-order valence-electron chi connectivity index (χ3n) is 2.90. The molecular formula is C12H28N5O2+. The van der Waals surface area contributed by atoms with E-state index in [4.69, 9.17) is 17.2 Å². The normalized spacial score (nSPS) is 15.4. The van der Waals surface area contributed by atoms with E-state index in [0.717, 1.165) is 26.2 Å². The van der Waals surface area contributed by atoms with Gasteiger partial charge in [-0.2, -0.15) is 0 Å². The number of hydrogen-bond donors (Lipinski definition) is 5. The fourth-order valence-electron chi connectivity index (χ4n) is 1.83. The van der Waals surface area contributed by atoms with Gasteiger partial charge >= 0.3 is 0 Å². The van der Waals surface area contributed by atoms with Gasteiger partial charge in [-0.05, 0) is 12.8 Å². The molecule has 2 amide bonds. The van der Waals surface area contributed by atoms with E-state index in [0.29, 0.717) is 25.7 Å². The predicted molar refractivity (Wildman–Crippen MR) is 74.3 cm³/mol. The highest BCUT2D eigenvalue weighted by Gasteiger charge is 2.10. The molecule has 0 saturated carbocycles. The van der Waals surface area contributed by atoms with E-state index in [9.17, 15) is 9.59 Å². The van der Waals surface area contributed by atoms with Crippen LogP contribution in [0, 0.1) is 0 Å². The molecule has 0 aromatic rings. The topological polar surface area (TPSA) is 129 Å². The predicted octanol–water partition coefficient (Wildman–Crippen LogP) is -3.05. The zero-order chi connectivity index (χ0) is 14.5. The molecule has 1 aliphatic rings. The number of amides is 2. The van der Waals surface area contributed by atoms with Crippen LogP contribution in [-0.4, -0.2) is 51.1 Å². The zero-order valence-corrected chi connectivity index (χ0v) is 11.6. The van der Waals surface area contributed by atoms with Gasteiger partial charge in [-0.15, -0.1) is 0 Å².